The van der Waals surface area contributed by atoms with Crippen molar-refractivity contribution in [3.63, 3.8) is 0 Å². The summed E-state index contributed by atoms with van der Waals surface area (Å²) in [7, 11) is 6.19. The lowest BCUT2D eigenvalue weighted by Crippen LogP contribution is -2.26. The van der Waals surface area contributed by atoms with Gasteiger partial charge in [0.1, 0.15) is 5.75 Å². The van der Waals surface area contributed by atoms with Crippen molar-refractivity contribution in [3.05, 3.63) is 17.7 Å². The highest BCUT2D eigenvalue weighted by molar-refractivity contribution is 5.64. The van der Waals surface area contributed by atoms with E-state index in [0.29, 0.717) is 30.2 Å². The molecule has 0 aromatic heterocycles. The van der Waals surface area contributed by atoms with Crippen molar-refractivity contribution in [2.24, 2.45) is 0 Å². The zero-order chi connectivity index (χ0) is 14.4. The normalized spacial score (nSPS) is 9.89. The van der Waals surface area contributed by atoms with Crippen molar-refractivity contribution in [2.45, 2.75) is 6.42 Å². The van der Waals surface area contributed by atoms with Gasteiger partial charge in [-0.05, 0) is 18.1 Å². The van der Waals surface area contributed by atoms with Crippen LogP contribution in [0, 0.1) is 0 Å². The third kappa shape index (κ3) is 3.67. The number of amides is 1. The SMILES string of the molecule is COc1cc(OC)c(OC)cc1CCN(C)C(=O)O. The number of carboxylic acid groups (broad SMARTS) is 1. The van der Waals surface area contributed by atoms with E-state index in [-0.39, 0.29) is 0 Å². The molecule has 0 bridgehead atoms. The first-order chi connectivity index (χ1) is 9.03. The lowest BCUT2D eigenvalue weighted by Gasteiger charge is -2.16. The fraction of sp³-hybridized carbons (Fsp3) is 0.462. The van der Waals surface area contributed by atoms with E-state index in [1.165, 1.54) is 11.9 Å². The van der Waals surface area contributed by atoms with E-state index in [1.54, 1.807) is 33.5 Å². The molecule has 0 radical (unpaired) electrons. The van der Waals surface area contributed by atoms with Crippen LogP contribution in [0.4, 0.5) is 4.79 Å². The molecule has 0 saturated heterocycles. The van der Waals surface area contributed by atoms with Crippen LogP contribution < -0.4 is 14.2 Å². The van der Waals surface area contributed by atoms with Crippen LogP contribution in [0.1, 0.15) is 5.56 Å². The lowest BCUT2D eigenvalue weighted by molar-refractivity contribution is 0.156. The first kappa shape index (κ1) is 14.9. The molecule has 1 rings (SSSR count). The van der Waals surface area contributed by atoms with Gasteiger partial charge < -0.3 is 24.2 Å². The molecule has 0 aliphatic heterocycles. The predicted molar refractivity (Wildman–Crippen MR) is 70.5 cm³/mol. The minimum atomic E-state index is -0.959. The maximum Gasteiger partial charge on any atom is 0.407 e. The van der Waals surface area contributed by atoms with Crippen LogP contribution in [0.25, 0.3) is 0 Å². The van der Waals surface area contributed by atoms with Gasteiger partial charge in [-0.1, -0.05) is 0 Å². The molecule has 0 heterocycles. The average Bonchev–Trinajstić information content (AvgIpc) is 2.43. The molecule has 1 aromatic rings. The zero-order valence-corrected chi connectivity index (χ0v) is 11.6. The van der Waals surface area contributed by atoms with Crippen molar-refractivity contribution in [1.29, 1.82) is 0 Å². The Bertz CT molecular complexity index is 447. The van der Waals surface area contributed by atoms with E-state index in [9.17, 15) is 4.79 Å². The lowest BCUT2D eigenvalue weighted by atomic mass is 10.1. The molecule has 0 saturated carbocycles. The Balaban J connectivity index is 2.95. The van der Waals surface area contributed by atoms with Gasteiger partial charge in [0, 0.05) is 19.7 Å². The molecule has 1 N–H and O–H groups in total. The maximum atomic E-state index is 10.7. The van der Waals surface area contributed by atoms with Crippen LogP contribution in [-0.2, 0) is 6.42 Å². The van der Waals surface area contributed by atoms with Crippen LogP contribution in [-0.4, -0.2) is 51.0 Å². The Morgan fingerprint density at radius 1 is 1.11 bits per heavy atom. The highest BCUT2D eigenvalue weighted by Gasteiger charge is 2.13. The van der Waals surface area contributed by atoms with Gasteiger partial charge in [-0.15, -0.1) is 0 Å². The summed E-state index contributed by atoms with van der Waals surface area (Å²) in [6.45, 7) is 0.376. The van der Waals surface area contributed by atoms with Gasteiger partial charge in [0.2, 0.25) is 0 Å². The van der Waals surface area contributed by atoms with Crippen molar-refractivity contribution in [3.8, 4) is 17.2 Å². The third-order valence-electron chi connectivity index (χ3n) is 2.83. The molecule has 6 heteroatoms. The fourth-order valence-electron chi connectivity index (χ4n) is 1.67. The van der Waals surface area contributed by atoms with Crippen LogP contribution in [0.15, 0.2) is 12.1 Å². The van der Waals surface area contributed by atoms with E-state index >= 15 is 0 Å². The van der Waals surface area contributed by atoms with E-state index in [2.05, 4.69) is 0 Å². The van der Waals surface area contributed by atoms with Gasteiger partial charge >= 0.3 is 6.09 Å². The number of carbonyl (C=O) groups is 1. The van der Waals surface area contributed by atoms with E-state index in [1.807, 2.05) is 0 Å². The molecule has 0 fully saturated rings. The summed E-state index contributed by atoms with van der Waals surface area (Å²) in [6, 6.07) is 3.53. The molecular formula is C13H19NO5. The van der Waals surface area contributed by atoms with Crippen molar-refractivity contribution in [1.82, 2.24) is 4.90 Å². The molecule has 1 aromatic carbocycles. The Hall–Kier alpha value is -2.11. The number of hydrogen-bond donors (Lipinski definition) is 1. The van der Waals surface area contributed by atoms with Crippen molar-refractivity contribution >= 4 is 6.09 Å². The van der Waals surface area contributed by atoms with Crippen LogP contribution in [0.5, 0.6) is 17.2 Å². The van der Waals surface area contributed by atoms with E-state index in [0.717, 1.165) is 5.56 Å². The van der Waals surface area contributed by atoms with E-state index < -0.39 is 6.09 Å². The molecule has 0 spiro atoms. The highest BCUT2D eigenvalue weighted by atomic mass is 16.5. The molecular weight excluding hydrogens is 250 g/mol. The summed E-state index contributed by atoms with van der Waals surface area (Å²) in [6.07, 6.45) is -0.425. The van der Waals surface area contributed by atoms with Crippen molar-refractivity contribution in [2.75, 3.05) is 34.9 Å². The first-order valence-electron chi connectivity index (χ1n) is 5.76. The first-order valence-corrected chi connectivity index (χ1v) is 5.76. The minimum absolute atomic E-state index is 0.376. The maximum absolute atomic E-state index is 10.7. The Kier molecular flexibility index (Phi) is 5.29. The molecule has 0 aliphatic rings. The smallest absolute Gasteiger partial charge is 0.407 e. The molecule has 1 amide bonds. The molecule has 0 aliphatic carbocycles. The van der Waals surface area contributed by atoms with Gasteiger partial charge in [-0.25, -0.2) is 4.79 Å². The summed E-state index contributed by atoms with van der Waals surface area (Å²) in [5.74, 6) is 1.82. The number of likely N-dealkylation sites (N-methyl/N-ethyl adjacent to an activating group) is 1. The van der Waals surface area contributed by atoms with Gasteiger partial charge in [0.25, 0.3) is 0 Å². The van der Waals surface area contributed by atoms with Crippen LogP contribution in [0.2, 0.25) is 0 Å². The molecule has 6 nitrogen and oxygen atoms in total. The number of methoxy groups -OCH3 is 3. The van der Waals surface area contributed by atoms with Crippen LogP contribution in [0.3, 0.4) is 0 Å². The quantitative estimate of drug-likeness (QED) is 0.853. The Morgan fingerprint density at radius 3 is 2.11 bits per heavy atom. The number of rotatable bonds is 6. The number of ether oxygens (including phenoxy) is 3. The highest BCUT2D eigenvalue weighted by Crippen LogP contribution is 2.34. The van der Waals surface area contributed by atoms with Gasteiger partial charge in [0.15, 0.2) is 11.5 Å². The van der Waals surface area contributed by atoms with Gasteiger partial charge in [0.05, 0.1) is 21.3 Å². The Morgan fingerprint density at radius 2 is 1.63 bits per heavy atom. The van der Waals surface area contributed by atoms with Gasteiger partial charge in [-0.3, -0.25) is 0 Å². The Labute approximate surface area is 112 Å². The number of hydrogen-bond acceptors (Lipinski definition) is 4. The topological polar surface area (TPSA) is 68.2 Å². The standard InChI is InChI=1S/C13H19NO5/c1-14(13(15)16)6-5-9-7-11(18-3)12(19-4)8-10(9)17-2/h7-8H,5-6H2,1-4H3,(H,15,16). The molecule has 0 unspecified atom stereocenters. The van der Waals surface area contributed by atoms with Crippen molar-refractivity contribution < 1.29 is 24.1 Å². The van der Waals surface area contributed by atoms with Crippen LogP contribution >= 0.6 is 0 Å². The summed E-state index contributed by atoms with van der Waals surface area (Å²) < 4.78 is 15.7. The zero-order valence-electron chi connectivity index (χ0n) is 11.6. The summed E-state index contributed by atoms with van der Waals surface area (Å²) >= 11 is 0. The third-order valence-corrected chi connectivity index (χ3v) is 2.83. The second-order valence-corrected chi connectivity index (χ2v) is 3.97. The largest absolute Gasteiger partial charge is 0.496 e. The molecule has 106 valence electrons. The monoisotopic (exact) mass is 269 g/mol. The summed E-state index contributed by atoms with van der Waals surface area (Å²) in [4.78, 5) is 12.0. The minimum Gasteiger partial charge on any atom is -0.496 e. The average molecular weight is 269 g/mol. The molecule has 0 atom stereocenters. The second-order valence-electron chi connectivity index (χ2n) is 3.97. The fourth-order valence-corrected chi connectivity index (χ4v) is 1.67. The van der Waals surface area contributed by atoms with E-state index in [4.69, 9.17) is 19.3 Å². The second kappa shape index (κ2) is 6.72. The van der Waals surface area contributed by atoms with Gasteiger partial charge in [-0.2, -0.15) is 0 Å². The number of nitrogens with zero attached hydrogens (tertiary/aromatic N) is 1. The molecule has 19 heavy (non-hydrogen) atoms. The number of benzene rings is 1. The summed E-state index contributed by atoms with van der Waals surface area (Å²) in [5.41, 5.74) is 0.869. The predicted octanol–water partition coefficient (Wildman–Crippen LogP) is 1.86. The summed E-state index contributed by atoms with van der Waals surface area (Å²) in [5, 5.41) is 8.82.